The van der Waals surface area contributed by atoms with Gasteiger partial charge in [0.1, 0.15) is 11.0 Å². The number of aromatic nitrogens is 2. The number of aryl methyl sites for hydroxylation is 4. The molecule has 0 saturated carbocycles. The molecule has 0 aliphatic rings. The van der Waals surface area contributed by atoms with Gasteiger partial charge in [-0.3, -0.25) is 14.0 Å². The van der Waals surface area contributed by atoms with Gasteiger partial charge in [-0.05, 0) is 127 Å². The van der Waals surface area contributed by atoms with E-state index in [1.807, 2.05) is 25.2 Å². The van der Waals surface area contributed by atoms with Gasteiger partial charge in [0.15, 0.2) is 0 Å². The molecule has 3 aromatic heterocycles. The van der Waals surface area contributed by atoms with Gasteiger partial charge in [-0.15, -0.1) is 22.7 Å². The second-order valence-electron chi connectivity index (χ2n) is 10.3. The van der Waals surface area contributed by atoms with Crippen LogP contribution in [0.4, 0.5) is 4.39 Å². The second-order valence-corrected chi connectivity index (χ2v) is 16.0. The van der Waals surface area contributed by atoms with Crippen LogP contribution >= 0.6 is 79.1 Å². The van der Waals surface area contributed by atoms with Crippen LogP contribution in [0.5, 0.6) is 0 Å². The summed E-state index contributed by atoms with van der Waals surface area (Å²) in [7, 11) is 3.34. The molecule has 0 aliphatic heterocycles. The standard InChI is InChI=1S/C20H24N2O2S2.C12H16Br2O2S.CH3F.BHNS/c1-4-24-18(23)9-7-5-6-8-15-12-17(25-14(15)3)16-11-10-13(2)19-20(16)22-26-21-19;1-2-16-11(15)7-5-3-4-6-9-8-10(13)17-12(9)14;1-2;1-2-3/h10-12H,4-9H2,1-3H3;8H,2-7H2,1H3;1H3;3H/i;;1D;. The molecule has 0 atom stereocenters. The number of thiophene rings is 2. The minimum absolute atomic E-state index is 0.0769. The van der Waals surface area contributed by atoms with Crippen molar-refractivity contribution in [2.75, 3.05) is 20.4 Å². The van der Waals surface area contributed by atoms with Crippen LogP contribution < -0.4 is 0 Å². The SMILES string of the molecule is CCOC(=O)CCCCCc1cc(-c2ccc(C)c3nsnc23)sc1C.CCOC(=O)CCCCCc1cc(Br)sc1Br.[2H]CF.[B]=NS. The number of alkyl halides is 1. The first-order valence-corrected chi connectivity index (χ1v) is 19.9. The number of thiol groups is 1. The third-order valence-corrected chi connectivity index (χ3v) is 11.0. The zero-order valence-corrected chi connectivity index (χ0v) is 34.4. The molecule has 1 aromatic carbocycles. The van der Waals surface area contributed by atoms with E-state index in [0.717, 1.165) is 66.2 Å². The topological polar surface area (TPSA) is 90.7 Å². The van der Waals surface area contributed by atoms with Crippen molar-refractivity contribution >= 4 is 110 Å². The van der Waals surface area contributed by atoms with E-state index in [1.165, 1.54) is 47.5 Å². The summed E-state index contributed by atoms with van der Waals surface area (Å²) in [4.78, 5) is 25.1. The Morgan fingerprint density at radius 3 is 1.98 bits per heavy atom. The maximum atomic E-state index is 11.4. The van der Waals surface area contributed by atoms with Crippen molar-refractivity contribution in [3.63, 3.8) is 0 Å². The summed E-state index contributed by atoms with van der Waals surface area (Å²) in [5.74, 6) is -0.159. The average Bonchev–Trinajstić information content (AvgIpc) is 3.77. The number of carbonyl (C=O) groups is 2. The van der Waals surface area contributed by atoms with E-state index in [1.54, 1.807) is 11.3 Å². The molecule has 15 heteroatoms. The molecule has 0 saturated heterocycles. The normalized spacial score (nSPS) is 10.4. The Kier molecular flexibility index (Phi) is 23.4. The van der Waals surface area contributed by atoms with Crippen molar-refractivity contribution in [2.45, 2.75) is 91.9 Å². The number of benzene rings is 1. The number of fused-ring (bicyclic) bond motifs is 1. The van der Waals surface area contributed by atoms with Crippen LogP contribution in [-0.4, -0.2) is 48.7 Å². The van der Waals surface area contributed by atoms with Crippen LogP contribution in [0.2, 0.25) is 0 Å². The van der Waals surface area contributed by atoms with Gasteiger partial charge >= 0.3 is 36.7 Å². The molecule has 0 bridgehead atoms. The molecule has 263 valence electrons. The number of hydrogen-bond donors (Lipinski definition) is 1. The summed E-state index contributed by atoms with van der Waals surface area (Å²) >= 11 is 15.0. The first-order chi connectivity index (χ1) is 23.6. The number of hydrogen-bond acceptors (Lipinski definition) is 11. The van der Waals surface area contributed by atoms with Gasteiger partial charge in [0.05, 0.1) is 41.0 Å². The number of ether oxygens (including phenoxy) is 2. The molecule has 0 spiro atoms. The molecule has 0 fully saturated rings. The van der Waals surface area contributed by atoms with Crippen LogP contribution in [0, 0.1) is 13.8 Å². The summed E-state index contributed by atoms with van der Waals surface area (Å²) < 4.78 is 39.3. The summed E-state index contributed by atoms with van der Waals surface area (Å²) in [6.07, 6.45) is 9.33. The van der Waals surface area contributed by atoms with Crippen molar-refractivity contribution < 1.29 is 24.8 Å². The van der Waals surface area contributed by atoms with Crippen molar-refractivity contribution in [1.29, 1.82) is 0 Å². The number of esters is 2. The van der Waals surface area contributed by atoms with Crippen molar-refractivity contribution in [2.24, 2.45) is 4.30 Å². The number of halogens is 3. The van der Waals surface area contributed by atoms with Crippen LogP contribution in [0.25, 0.3) is 21.5 Å². The Morgan fingerprint density at radius 1 is 0.917 bits per heavy atom. The van der Waals surface area contributed by atoms with Gasteiger partial charge in [-0.25, -0.2) is 0 Å². The molecule has 3 heterocycles. The van der Waals surface area contributed by atoms with Crippen LogP contribution in [0.3, 0.4) is 0 Å². The molecule has 0 unspecified atom stereocenters. The van der Waals surface area contributed by atoms with E-state index in [4.69, 9.17) is 10.8 Å². The summed E-state index contributed by atoms with van der Waals surface area (Å²) in [5.41, 5.74) is 7.13. The Morgan fingerprint density at radius 2 is 1.46 bits per heavy atom. The van der Waals surface area contributed by atoms with E-state index in [0.29, 0.717) is 26.1 Å². The van der Waals surface area contributed by atoms with Gasteiger partial charge in [-0.2, -0.15) is 8.75 Å². The second kappa shape index (κ2) is 26.3. The molecule has 4 rings (SSSR count). The van der Waals surface area contributed by atoms with Crippen LogP contribution in [-0.2, 0) is 31.9 Å². The van der Waals surface area contributed by atoms with E-state index in [-0.39, 0.29) is 11.9 Å². The van der Waals surface area contributed by atoms with Crippen molar-refractivity contribution in [1.82, 2.24) is 8.75 Å². The van der Waals surface area contributed by atoms with Crippen molar-refractivity contribution in [3.8, 4) is 10.4 Å². The predicted octanol–water partition coefficient (Wildman–Crippen LogP) is 11.4. The Balaban J connectivity index is 0.000000450. The minimum atomic E-state index is -1.00. The Hall–Kier alpha value is -1.52. The van der Waals surface area contributed by atoms with Gasteiger partial charge in [-0.1, -0.05) is 25.0 Å². The third kappa shape index (κ3) is 16.5. The Labute approximate surface area is 321 Å². The number of rotatable bonds is 15. The molecule has 1 radical (unpaired) electrons. The molecular weight excluding hydrogens is 820 g/mol. The first kappa shape index (κ1) is 42.7. The van der Waals surface area contributed by atoms with Gasteiger partial charge in [0, 0.05) is 28.2 Å². The van der Waals surface area contributed by atoms with E-state index in [2.05, 4.69) is 103 Å². The summed E-state index contributed by atoms with van der Waals surface area (Å²) in [6.45, 7) is 8.90. The van der Waals surface area contributed by atoms with E-state index < -0.39 is 7.15 Å². The van der Waals surface area contributed by atoms with Crippen molar-refractivity contribution in [3.05, 3.63) is 53.4 Å². The van der Waals surface area contributed by atoms with Gasteiger partial charge < -0.3 is 9.47 Å². The maximum absolute atomic E-state index is 11.4. The summed E-state index contributed by atoms with van der Waals surface area (Å²) in [5, 5.41) is 0. The molecule has 7 nitrogen and oxygen atoms in total. The first-order valence-electron chi connectivity index (χ1n) is 16.2. The fraction of sp³-hybridized carbons (Fsp3) is 0.515. The quantitative estimate of drug-likeness (QED) is 0.0554. The Bertz CT molecular complexity index is 1560. The molecule has 0 aliphatic carbocycles. The van der Waals surface area contributed by atoms with Crippen LogP contribution in [0.15, 0.2) is 36.1 Å². The fourth-order valence-electron chi connectivity index (χ4n) is 4.62. The summed E-state index contributed by atoms with van der Waals surface area (Å²) in [6, 6.07) is 8.74. The predicted molar refractivity (Wildman–Crippen MR) is 212 cm³/mol. The fourth-order valence-corrected chi connectivity index (χ4v) is 9.26. The monoisotopic (exact) mass is 863 g/mol. The molecule has 48 heavy (non-hydrogen) atoms. The number of unbranched alkanes of at least 4 members (excludes halogenated alkanes) is 4. The molecular formula is C33H44BBr2FN3O4S4. The zero-order chi connectivity index (χ0) is 36.6. The molecule has 0 amide bonds. The zero-order valence-electron chi connectivity index (χ0n) is 28.9. The number of carbonyl (C=O) groups excluding carboxylic acids is 2. The molecule has 4 aromatic rings. The van der Waals surface area contributed by atoms with Gasteiger partial charge in [0.2, 0.25) is 0 Å². The van der Waals surface area contributed by atoms with Crippen LogP contribution in [0.1, 0.15) is 88.2 Å². The molecule has 0 N–H and O–H groups in total. The van der Waals surface area contributed by atoms with Gasteiger partial charge in [0.25, 0.3) is 0 Å². The van der Waals surface area contributed by atoms with E-state index >= 15 is 0 Å². The average molecular weight is 866 g/mol. The number of nitrogens with zero attached hydrogens (tertiary/aromatic N) is 3. The van der Waals surface area contributed by atoms with E-state index in [9.17, 15) is 14.0 Å². The third-order valence-electron chi connectivity index (χ3n) is 6.90.